The molecule has 7 rings (SSSR count). The van der Waals surface area contributed by atoms with Crippen LogP contribution >= 0.6 is 13.2 Å². The Bertz CT molecular complexity index is 1870. The predicted molar refractivity (Wildman–Crippen MR) is 178 cm³/mol. The van der Waals surface area contributed by atoms with Gasteiger partial charge >= 0.3 is 6.72 Å². The van der Waals surface area contributed by atoms with Gasteiger partial charge in [-0.05, 0) is 23.6 Å². The monoisotopic (exact) mass is 774 g/mol. The topological polar surface area (TPSA) is 181 Å². The summed E-state index contributed by atoms with van der Waals surface area (Å²) in [6, 6.07) is 0. The van der Waals surface area contributed by atoms with Crippen LogP contribution in [0, 0.1) is 0 Å². The zero-order valence-corrected chi connectivity index (χ0v) is 29.5. The van der Waals surface area contributed by atoms with Gasteiger partial charge in [-0.2, -0.15) is 9.97 Å². The van der Waals surface area contributed by atoms with Gasteiger partial charge in [-0.15, -0.1) is 0 Å². The van der Waals surface area contributed by atoms with Crippen LogP contribution in [0.3, 0.4) is 0 Å². The summed E-state index contributed by atoms with van der Waals surface area (Å²) >= 11 is 10.9. The lowest BCUT2D eigenvalue weighted by atomic mass is 10.1. The maximum absolute atomic E-state index is 16.3. The van der Waals surface area contributed by atoms with Crippen molar-refractivity contribution in [3.8, 4) is 11.8 Å². The molecule has 3 aliphatic rings. The third kappa shape index (κ3) is 6.84. The van der Waals surface area contributed by atoms with Crippen LogP contribution < -0.4 is 9.47 Å². The first-order chi connectivity index (χ1) is 24.0. The highest BCUT2D eigenvalue weighted by Crippen LogP contribution is 2.55. The maximum Gasteiger partial charge on any atom is 0.325 e. The van der Waals surface area contributed by atoms with Crippen LogP contribution in [0.4, 0.5) is 8.78 Å². The molecule has 3 fully saturated rings. The summed E-state index contributed by atoms with van der Waals surface area (Å²) in [5.74, 6) is 0.329. The molecular formula is C27H30F2N8O9P2S2. The predicted octanol–water partition coefficient (Wildman–Crippen LogP) is 3.24. The van der Waals surface area contributed by atoms with E-state index >= 15 is 8.78 Å². The van der Waals surface area contributed by atoms with Crippen molar-refractivity contribution in [2.45, 2.75) is 49.2 Å². The van der Waals surface area contributed by atoms with Gasteiger partial charge in [0.2, 0.25) is 11.8 Å². The number of hydrogen-bond donors (Lipinski definition) is 1. The highest BCUT2D eigenvalue weighted by Gasteiger charge is 2.53. The van der Waals surface area contributed by atoms with E-state index in [0.717, 1.165) is 0 Å². The first kappa shape index (κ1) is 35.5. The Labute approximate surface area is 293 Å². The van der Waals surface area contributed by atoms with Crippen LogP contribution in [-0.2, 0) is 51.2 Å². The third-order valence-electron chi connectivity index (χ3n) is 7.85. The van der Waals surface area contributed by atoms with E-state index in [4.69, 9.17) is 60.7 Å². The Morgan fingerprint density at radius 2 is 1.30 bits per heavy atom. The molecule has 0 saturated carbocycles. The number of imidazole rings is 2. The fourth-order valence-corrected chi connectivity index (χ4v) is 8.78. The first-order valence-corrected chi connectivity index (χ1v) is 20.7. The SMILES string of the molecule is C=CCOc1ncnc2c1ncn2[C@@H]1O[C@@H]2COP(O)(=S)O[C@H]3[C@@H](F)[C@H](n4cnc5c(OCC=C)ncnc54)O[C@@H]3COP(C)(=S)O[C@H]2[C@H]1F. The standard InChI is InChI=1S/C27H30F2N8O9P2S2/c1-4-6-39-24-18-22(30-10-32-24)36(12-34-18)26-16(28)20-15(44-26)9-42-48(38,50)46-21-14(8-41-47(3,49)45-20)43-27(17(21)29)37-13-35-19-23(37)31-11-33-25(19)40-7-5-2/h4-5,10-17,20-21,26-27H,1-2,6-9H2,3H3,(H,38,50)/t14-,15-,16-,17-,20-,21-,26-,27-,47?,48?/m1/s1. The molecule has 3 aliphatic heterocycles. The summed E-state index contributed by atoms with van der Waals surface area (Å²) in [6.07, 6.45) is -3.47. The van der Waals surface area contributed by atoms with Gasteiger partial charge in [0.15, 0.2) is 53.6 Å². The third-order valence-corrected chi connectivity index (χ3v) is 11.2. The molecule has 50 heavy (non-hydrogen) atoms. The van der Waals surface area contributed by atoms with Crippen molar-refractivity contribution >= 4 is 59.2 Å². The molecule has 4 aromatic rings. The molecular weight excluding hydrogens is 744 g/mol. The van der Waals surface area contributed by atoms with Gasteiger partial charge in [0, 0.05) is 6.66 Å². The van der Waals surface area contributed by atoms with Crippen LogP contribution in [0.5, 0.6) is 11.8 Å². The Balaban J connectivity index is 1.14. The van der Waals surface area contributed by atoms with Gasteiger partial charge < -0.3 is 37.4 Å². The van der Waals surface area contributed by atoms with Crippen LogP contribution in [0.1, 0.15) is 12.5 Å². The molecule has 0 aliphatic carbocycles. The number of rotatable bonds is 8. The van der Waals surface area contributed by atoms with Gasteiger partial charge in [-0.1, -0.05) is 25.3 Å². The molecule has 3 saturated heterocycles. The summed E-state index contributed by atoms with van der Waals surface area (Å²) in [5, 5.41) is 0. The summed E-state index contributed by atoms with van der Waals surface area (Å²) < 4.78 is 81.9. The van der Waals surface area contributed by atoms with Crippen molar-refractivity contribution in [3.63, 3.8) is 0 Å². The normalized spacial score (nSPS) is 34.8. The second-order valence-electron chi connectivity index (χ2n) is 11.2. The fourth-order valence-electron chi connectivity index (χ4n) is 5.69. The molecule has 17 nitrogen and oxygen atoms in total. The van der Waals surface area contributed by atoms with E-state index in [2.05, 4.69) is 43.1 Å². The summed E-state index contributed by atoms with van der Waals surface area (Å²) in [6.45, 7) is 0.672. The van der Waals surface area contributed by atoms with Crippen LogP contribution in [0.2, 0.25) is 0 Å². The van der Waals surface area contributed by atoms with E-state index in [0.29, 0.717) is 0 Å². The summed E-state index contributed by atoms with van der Waals surface area (Å²) in [4.78, 5) is 36.3. The number of nitrogens with zero attached hydrogens (tertiary/aromatic N) is 8. The van der Waals surface area contributed by atoms with E-state index in [9.17, 15) is 4.89 Å². The minimum absolute atomic E-state index is 0.157. The van der Waals surface area contributed by atoms with Crippen molar-refractivity contribution in [1.29, 1.82) is 0 Å². The minimum atomic E-state index is -4.22. The van der Waals surface area contributed by atoms with E-state index < -0.39 is 69.0 Å². The number of hydrogen-bond acceptors (Lipinski definition) is 16. The Morgan fingerprint density at radius 1 is 0.820 bits per heavy atom. The second-order valence-corrected chi connectivity index (χ2v) is 18.0. The number of alkyl halides is 2. The highest BCUT2D eigenvalue weighted by atomic mass is 32.5. The molecule has 4 aromatic heterocycles. The molecule has 10 atom stereocenters. The molecule has 0 aromatic carbocycles. The van der Waals surface area contributed by atoms with E-state index in [1.54, 1.807) is 0 Å². The Kier molecular flexibility index (Phi) is 10.1. The van der Waals surface area contributed by atoms with Crippen LogP contribution in [0.15, 0.2) is 50.6 Å². The quantitative estimate of drug-likeness (QED) is 0.203. The summed E-state index contributed by atoms with van der Waals surface area (Å²) in [5.41, 5.74) is 0.947. The average molecular weight is 775 g/mol. The number of fused-ring (bicyclic) bond motifs is 4. The van der Waals surface area contributed by atoms with E-state index in [-0.39, 0.29) is 53.9 Å². The fraction of sp³-hybridized carbons (Fsp3) is 0.481. The van der Waals surface area contributed by atoms with Crippen LogP contribution in [-0.4, -0.2) is 114 Å². The average Bonchev–Trinajstić information content (AvgIpc) is 3.85. The van der Waals surface area contributed by atoms with Gasteiger partial charge in [-0.25, -0.2) is 28.7 Å². The number of aromatic nitrogens is 8. The van der Waals surface area contributed by atoms with Crippen molar-refractivity contribution in [3.05, 3.63) is 50.6 Å². The Morgan fingerprint density at radius 3 is 1.80 bits per heavy atom. The molecule has 2 unspecified atom stereocenters. The largest absolute Gasteiger partial charge is 0.472 e. The molecule has 0 bridgehead atoms. The van der Waals surface area contributed by atoms with Gasteiger partial charge in [-0.3, -0.25) is 13.7 Å². The van der Waals surface area contributed by atoms with Gasteiger partial charge in [0.1, 0.15) is 50.3 Å². The maximum atomic E-state index is 16.3. The highest BCUT2D eigenvalue weighted by molar-refractivity contribution is 8.09. The lowest BCUT2D eigenvalue weighted by Gasteiger charge is -2.30. The molecule has 1 N–H and O–H groups in total. The zero-order chi connectivity index (χ0) is 35.2. The minimum Gasteiger partial charge on any atom is -0.472 e. The molecule has 0 radical (unpaired) electrons. The van der Waals surface area contributed by atoms with Crippen molar-refractivity contribution in [1.82, 2.24) is 39.0 Å². The Hall–Kier alpha value is -2.94. The smallest absolute Gasteiger partial charge is 0.325 e. The lowest BCUT2D eigenvalue weighted by Crippen LogP contribution is -2.37. The van der Waals surface area contributed by atoms with Crippen molar-refractivity contribution in [2.24, 2.45) is 0 Å². The number of halogens is 2. The van der Waals surface area contributed by atoms with Gasteiger partial charge in [0.05, 0.1) is 25.9 Å². The molecule has 23 heteroatoms. The van der Waals surface area contributed by atoms with Crippen molar-refractivity contribution in [2.75, 3.05) is 33.1 Å². The van der Waals surface area contributed by atoms with Crippen molar-refractivity contribution < 1.29 is 50.7 Å². The summed E-state index contributed by atoms with van der Waals surface area (Å²) in [7, 11) is 0. The first-order valence-electron chi connectivity index (χ1n) is 15.0. The molecule has 0 spiro atoms. The molecule has 7 heterocycles. The second kappa shape index (κ2) is 14.2. The van der Waals surface area contributed by atoms with Gasteiger partial charge in [0.25, 0.3) is 0 Å². The molecule has 268 valence electrons. The molecule has 0 amide bonds. The number of ether oxygens (including phenoxy) is 4. The lowest BCUT2D eigenvalue weighted by molar-refractivity contribution is -0.0549. The van der Waals surface area contributed by atoms with E-state index in [1.165, 1.54) is 53.3 Å². The van der Waals surface area contributed by atoms with Crippen LogP contribution in [0.25, 0.3) is 22.3 Å². The zero-order valence-electron chi connectivity index (χ0n) is 26.1. The van der Waals surface area contributed by atoms with E-state index in [1.807, 2.05) is 0 Å².